The van der Waals surface area contributed by atoms with Gasteiger partial charge in [0.15, 0.2) is 5.12 Å². The minimum atomic E-state index is -0.939. The second kappa shape index (κ2) is 7.51. The first kappa shape index (κ1) is 20.6. The number of carbonyl (C=O) groups is 1. The summed E-state index contributed by atoms with van der Waals surface area (Å²) in [5.74, 6) is -1.62. The van der Waals surface area contributed by atoms with Crippen molar-refractivity contribution in [2.24, 2.45) is 0 Å². The lowest BCUT2D eigenvalue weighted by Crippen LogP contribution is -2.41. The quantitative estimate of drug-likeness (QED) is 0.737. The topological polar surface area (TPSA) is 59.3 Å². The third-order valence-electron chi connectivity index (χ3n) is 4.53. The van der Waals surface area contributed by atoms with Crippen molar-refractivity contribution in [1.82, 2.24) is 0 Å². The number of nitrogens with zero attached hydrogens (tertiary/aromatic N) is 1. The van der Waals surface area contributed by atoms with E-state index in [-0.39, 0.29) is 16.4 Å². The fraction of sp³-hybridized carbons (Fsp3) is 0.444. The lowest BCUT2D eigenvalue weighted by atomic mass is 9.78. The number of carbonyl (C=O) groups excluding carboxylic acids is 1. The molecule has 0 aliphatic carbocycles. The van der Waals surface area contributed by atoms with E-state index in [1.54, 1.807) is 0 Å². The van der Waals surface area contributed by atoms with Crippen LogP contribution in [0.4, 0.5) is 8.78 Å². The molecule has 0 spiro atoms. The van der Waals surface area contributed by atoms with Crippen molar-refractivity contribution in [2.45, 2.75) is 45.8 Å². The van der Waals surface area contributed by atoms with Gasteiger partial charge in [0.05, 0.1) is 11.2 Å². The van der Waals surface area contributed by atoms with E-state index in [1.807, 2.05) is 27.7 Å². The molecule has 2 rings (SSSR count). The van der Waals surface area contributed by atoms with Gasteiger partial charge in [-0.3, -0.25) is 4.79 Å². The molecule has 138 valence electrons. The summed E-state index contributed by atoms with van der Waals surface area (Å²) in [6.07, 6.45) is 1.53. The van der Waals surface area contributed by atoms with Crippen molar-refractivity contribution in [3.8, 4) is 6.07 Å². The van der Waals surface area contributed by atoms with E-state index < -0.39 is 35.5 Å². The Labute approximate surface area is 156 Å². The predicted molar refractivity (Wildman–Crippen MR) is 98.3 cm³/mol. The summed E-state index contributed by atoms with van der Waals surface area (Å²) in [6, 6.07) is 3.64. The van der Waals surface area contributed by atoms with Crippen LogP contribution in [0, 0.1) is 23.0 Å². The van der Waals surface area contributed by atoms with Crippen LogP contribution in [-0.2, 0) is 14.1 Å². The maximum atomic E-state index is 13.9. The summed E-state index contributed by atoms with van der Waals surface area (Å²) in [4.78, 5) is 11.4. The van der Waals surface area contributed by atoms with E-state index in [0.29, 0.717) is 5.47 Å². The molecule has 26 heavy (non-hydrogen) atoms. The smallest absolute Gasteiger partial charge is 0.400 e. The van der Waals surface area contributed by atoms with Gasteiger partial charge in [-0.25, -0.2) is 8.78 Å². The highest BCUT2D eigenvalue weighted by molar-refractivity contribution is 8.13. The maximum absolute atomic E-state index is 13.9. The zero-order valence-electron chi connectivity index (χ0n) is 15.4. The second-order valence-corrected chi connectivity index (χ2v) is 8.21. The van der Waals surface area contributed by atoms with Crippen LogP contribution < -0.4 is 0 Å². The Hall–Kier alpha value is -1.69. The van der Waals surface area contributed by atoms with Crippen LogP contribution in [0.5, 0.6) is 0 Å². The number of benzene rings is 1. The average Bonchev–Trinajstić information content (AvgIpc) is 2.71. The van der Waals surface area contributed by atoms with Crippen LogP contribution in [0.2, 0.25) is 0 Å². The van der Waals surface area contributed by atoms with Gasteiger partial charge in [-0.1, -0.05) is 17.8 Å². The standard InChI is InChI=1S/C18H20BF2NO3S/c1-11(23)26-10-13(19-24-17(2,3)18(4,5)25-19)6-12-7-15(20)14(9-22)16(21)8-12/h6-8H,10H2,1-5H3. The molecular formula is C18H20BF2NO3S. The fourth-order valence-corrected chi connectivity index (χ4v) is 2.94. The van der Waals surface area contributed by atoms with Crippen LogP contribution in [0.15, 0.2) is 17.6 Å². The monoisotopic (exact) mass is 379 g/mol. The Morgan fingerprint density at radius 1 is 1.23 bits per heavy atom. The minimum Gasteiger partial charge on any atom is -0.400 e. The van der Waals surface area contributed by atoms with Crippen molar-refractivity contribution in [3.05, 3.63) is 40.4 Å². The van der Waals surface area contributed by atoms with Gasteiger partial charge in [0.1, 0.15) is 23.3 Å². The van der Waals surface area contributed by atoms with Gasteiger partial charge in [-0.15, -0.1) is 0 Å². The van der Waals surface area contributed by atoms with E-state index in [1.165, 1.54) is 19.1 Å². The first-order chi connectivity index (χ1) is 12.0. The Morgan fingerprint density at radius 3 is 2.15 bits per heavy atom. The van der Waals surface area contributed by atoms with Crippen LogP contribution in [0.25, 0.3) is 6.08 Å². The Balaban J connectivity index is 2.41. The molecule has 1 aromatic carbocycles. The van der Waals surface area contributed by atoms with Gasteiger partial charge in [0.2, 0.25) is 0 Å². The molecule has 8 heteroatoms. The lowest BCUT2D eigenvalue weighted by Gasteiger charge is -2.32. The molecule has 0 atom stereocenters. The minimum absolute atomic E-state index is 0.0930. The number of hydrogen-bond donors (Lipinski definition) is 0. The first-order valence-corrected chi connectivity index (χ1v) is 9.04. The largest absolute Gasteiger partial charge is 0.491 e. The number of thioether (sulfide) groups is 1. The summed E-state index contributed by atoms with van der Waals surface area (Å²) in [5, 5.41) is 8.69. The van der Waals surface area contributed by atoms with Crippen molar-refractivity contribution in [1.29, 1.82) is 5.26 Å². The van der Waals surface area contributed by atoms with Gasteiger partial charge in [-0.05, 0) is 50.9 Å². The van der Waals surface area contributed by atoms with Crippen LogP contribution in [0.1, 0.15) is 45.7 Å². The Kier molecular flexibility index (Phi) is 5.96. The van der Waals surface area contributed by atoms with Gasteiger partial charge in [-0.2, -0.15) is 5.26 Å². The van der Waals surface area contributed by atoms with Crippen LogP contribution >= 0.6 is 11.8 Å². The summed E-state index contributed by atoms with van der Waals surface area (Å²) < 4.78 is 39.7. The summed E-state index contributed by atoms with van der Waals surface area (Å²) in [6.45, 7) is 9.01. The zero-order chi connectivity index (χ0) is 19.7. The highest BCUT2D eigenvalue weighted by atomic mass is 32.2. The average molecular weight is 379 g/mol. The number of nitriles is 1. The summed E-state index contributed by atoms with van der Waals surface area (Å²) in [5.41, 5.74) is -0.991. The summed E-state index contributed by atoms with van der Waals surface area (Å²) >= 11 is 1.05. The highest BCUT2D eigenvalue weighted by Crippen LogP contribution is 2.39. The molecule has 4 nitrogen and oxygen atoms in total. The van der Waals surface area contributed by atoms with Gasteiger partial charge < -0.3 is 9.31 Å². The molecule has 0 N–H and O–H groups in total. The van der Waals surface area contributed by atoms with Crippen LogP contribution in [-0.4, -0.2) is 29.2 Å². The number of halogens is 2. The van der Waals surface area contributed by atoms with Crippen LogP contribution in [0.3, 0.4) is 0 Å². The molecule has 0 unspecified atom stereocenters. The molecule has 1 aliphatic heterocycles. The third-order valence-corrected chi connectivity index (χ3v) is 5.41. The van der Waals surface area contributed by atoms with E-state index in [4.69, 9.17) is 14.6 Å². The Bertz CT molecular complexity index is 763. The Morgan fingerprint density at radius 2 is 1.73 bits per heavy atom. The molecule has 1 fully saturated rings. The van der Waals surface area contributed by atoms with Crippen molar-refractivity contribution in [3.63, 3.8) is 0 Å². The number of rotatable bonds is 4. The number of hydrogen-bond acceptors (Lipinski definition) is 5. The lowest BCUT2D eigenvalue weighted by molar-refractivity contribution is -0.109. The second-order valence-electron chi connectivity index (χ2n) is 7.06. The fourth-order valence-electron chi connectivity index (χ4n) is 2.35. The molecule has 1 heterocycles. The molecule has 0 amide bonds. The van der Waals surface area contributed by atoms with Crippen molar-refractivity contribution >= 4 is 30.1 Å². The zero-order valence-corrected chi connectivity index (χ0v) is 16.2. The van der Waals surface area contributed by atoms with E-state index in [9.17, 15) is 13.6 Å². The van der Waals surface area contributed by atoms with Crippen molar-refractivity contribution in [2.75, 3.05) is 5.75 Å². The van der Waals surface area contributed by atoms with E-state index in [0.717, 1.165) is 23.9 Å². The SMILES string of the molecule is CC(=O)SCC(=Cc1cc(F)c(C#N)c(F)c1)B1OC(C)(C)C(C)(C)O1. The molecule has 1 aliphatic rings. The van der Waals surface area contributed by atoms with Gasteiger partial charge in [0, 0.05) is 12.7 Å². The normalized spacial score (nSPS) is 18.7. The summed E-state index contributed by atoms with van der Waals surface area (Å²) in [7, 11) is -0.742. The molecule has 0 bridgehead atoms. The molecule has 0 saturated carbocycles. The molecule has 0 aromatic heterocycles. The third kappa shape index (κ3) is 4.34. The molecular weight excluding hydrogens is 359 g/mol. The predicted octanol–water partition coefficient (Wildman–Crippen LogP) is 4.13. The highest BCUT2D eigenvalue weighted by Gasteiger charge is 2.52. The van der Waals surface area contributed by atoms with E-state index >= 15 is 0 Å². The van der Waals surface area contributed by atoms with Gasteiger partial charge >= 0.3 is 7.12 Å². The molecule has 0 radical (unpaired) electrons. The maximum Gasteiger partial charge on any atom is 0.491 e. The van der Waals surface area contributed by atoms with Gasteiger partial charge in [0.25, 0.3) is 0 Å². The molecule has 1 aromatic rings. The first-order valence-electron chi connectivity index (χ1n) is 8.05. The molecule has 1 saturated heterocycles. The van der Waals surface area contributed by atoms with Crippen molar-refractivity contribution < 1.29 is 22.9 Å². The van der Waals surface area contributed by atoms with E-state index in [2.05, 4.69) is 0 Å².